The molecule has 1 rings (SSSR count). The molecule has 1 aliphatic rings. The summed E-state index contributed by atoms with van der Waals surface area (Å²) < 4.78 is 5.20. The highest BCUT2D eigenvalue weighted by molar-refractivity contribution is 5.79. The summed E-state index contributed by atoms with van der Waals surface area (Å²) in [4.78, 5) is 13.2. The number of carbonyl (C=O) groups excluding carboxylic acids is 1. The van der Waals surface area contributed by atoms with Gasteiger partial charge < -0.3 is 9.64 Å². The van der Waals surface area contributed by atoms with Crippen molar-refractivity contribution in [2.45, 2.75) is 19.8 Å². The van der Waals surface area contributed by atoms with Crippen molar-refractivity contribution < 1.29 is 9.53 Å². The summed E-state index contributed by atoms with van der Waals surface area (Å²) in [6.45, 7) is 4.93. The average molecular weight is 195 g/mol. The van der Waals surface area contributed by atoms with E-state index < -0.39 is 0 Å². The molecule has 3 heteroatoms. The Labute approximate surface area is 85.4 Å². The molecular weight excluding hydrogens is 178 g/mol. The molecule has 0 aliphatic carbocycles. The number of likely N-dealkylation sites (tertiary alicyclic amines) is 1. The van der Waals surface area contributed by atoms with E-state index in [-0.39, 0.29) is 11.8 Å². The van der Waals surface area contributed by atoms with E-state index in [1.807, 2.05) is 11.8 Å². The molecule has 78 valence electrons. The van der Waals surface area contributed by atoms with Gasteiger partial charge in [-0.15, -0.1) is 12.3 Å². The monoisotopic (exact) mass is 195 g/mol. The molecule has 1 atom stereocenters. The van der Waals surface area contributed by atoms with Gasteiger partial charge in [0.1, 0.15) is 0 Å². The van der Waals surface area contributed by atoms with Crippen LogP contribution in [-0.4, -0.2) is 37.1 Å². The first kappa shape index (κ1) is 11.1. The largest absolute Gasteiger partial charge is 0.382 e. The van der Waals surface area contributed by atoms with Gasteiger partial charge in [0.05, 0.1) is 0 Å². The fraction of sp³-hybridized carbons (Fsp3) is 0.727. The minimum Gasteiger partial charge on any atom is -0.382 e. The third-order valence-corrected chi connectivity index (χ3v) is 2.37. The second-order valence-corrected chi connectivity index (χ2v) is 3.46. The Morgan fingerprint density at radius 2 is 2.50 bits per heavy atom. The van der Waals surface area contributed by atoms with Crippen LogP contribution in [0.25, 0.3) is 0 Å². The SMILES string of the molecule is C#CC1CC(=O)N(CCCOCC)C1. The average Bonchev–Trinajstić information content (AvgIpc) is 2.54. The van der Waals surface area contributed by atoms with Gasteiger partial charge in [0, 0.05) is 38.6 Å². The molecule has 1 fully saturated rings. The molecule has 1 aliphatic heterocycles. The van der Waals surface area contributed by atoms with Gasteiger partial charge in [-0.3, -0.25) is 4.79 Å². The second kappa shape index (κ2) is 5.66. The predicted octanol–water partition coefficient (Wildman–Crippen LogP) is 0.895. The Bertz CT molecular complexity index is 232. The number of rotatable bonds is 5. The third kappa shape index (κ3) is 3.04. The van der Waals surface area contributed by atoms with Crippen molar-refractivity contribution in [3.63, 3.8) is 0 Å². The van der Waals surface area contributed by atoms with Gasteiger partial charge in [-0.2, -0.15) is 0 Å². The van der Waals surface area contributed by atoms with Crippen LogP contribution in [0.5, 0.6) is 0 Å². The second-order valence-electron chi connectivity index (χ2n) is 3.46. The molecule has 14 heavy (non-hydrogen) atoms. The van der Waals surface area contributed by atoms with Crippen LogP contribution in [0.1, 0.15) is 19.8 Å². The molecule has 0 N–H and O–H groups in total. The zero-order valence-corrected chi connectivity index (χ0v) is 8.66. The van der Waals surface area contributed by atoms with E-state index in [0.717, 1.165) is 32.7 Å². The summed E-state index contributed by atoms with van der Waals surface area (Å²) in [5.74, 6) is 2.94. The van der Waals surface area contributed by atoms with E-state index in [1.165, 1.54) is 0 Å². The molecule has 0 aromatic carbocycles. The highest BCUT2D eigenvalue weighted by Crippen LogP contribution is 2.16. The number of nitrogens with zero attached hydrogens (tertiary/aromatic N) is 1. The van der Waals surface area contributed by atoms with E-state index in [9.17, 15) is 4.79 Å². The molecule has 0 bridgehead atoms. The van der Waals surface area contributed by atoms with Crippen LogP contribution < -0.4 is 0 Å². The van der Waals surface area contributed by atoms with Crippen LogP contribution in [0, 0.1) is 18.3 Å². The highest BCUT2D eigenvalue weighted by atomic mass is 16.5. The van der Waals surface area contributed by atoms with Crippen LogP contribution in [0.3, 0.4) is 0 Å². The van der Waals surface area contributed by atoms with Gasteiger partial charge >= 0.3 is 0 Å². The zero-order chi connectivity index (χ0) is 10.4. The molecule has 1 saturated heterocycles. The van der Waals surface area contributed by atoms with Crippen LogP contribution in [0.2, 0.25) is 0 Å². The van der Waals surface area contributed by atoms with Gasteiger partial charge in [0.2, 0.25) is 5.91 Å². The van der Waals surface area contributed by atoms with Crippen LogP contribution in [0.4, 0.5) is 0 Å². The normalized spacial score (nSPS) is 21.3. The molecule has 0 spiro atoms. The minimum absolute atomic E-state index is 0.120. The summed E-state index contributed by atoms with van der Waals surface area (Å²) in [6.07, 6.45) is 6.70. The molecular formula is C11H17NO2. The minimum atomic E-state index is 0.120. The van der Waals surface area contributed by atoms with E-state index in [4.69, 9.17) is 11.2 Å². The standard InChI is InChI=1S/C11H17NO2/c1-3-10-8-11(13)12(9-10)6-5-7-14-4-2/h1,10H,4-9H2,2H3. The topological polar surface area (TPSA) is 29.5 Å². The Balaban J connectivity index is 2.19. The molecule has 0 radical (unpaired) electrons. The summed E-state index contributed by atoms with van der Waals surface area (Å²) in [7, 11) is 0. The molecule has 0 saturated carbocycles. The summed E-state index contributed by atoms with van der Waals surface area (Å²) in [5, 5.41) is 0. The number of carbonyl (C=O) groups is 1. The Morgan fingerprint density at radius 1 is 1.71 bits per heavy atom. The lowest BCUT2D eigenvalue weighted by atomic mass is 10.1. The van der Waals surface area contributed by atoms with Gasteiger partial charge in [0.25, 0.3) is 0 Å². The van der Waals surface area contributed by atoms with Crippen LogP contribution >= 0.6 is 0 Å². The molecule has 0 aromatic rings. The van der Waals surface area contributed by atoms with Crippen LogP contribution in [-0.2, 0) is 9.53 Å². The summed E-state index contributed by atoms with van der Waals surface area (Å²) in [5.41, 5.74) is 0. The van der Waals surface area contributed by atoms with Gasteiger partial charge in [-0.25, -0.2) is 0 Å². The Hall–Kier alpha value is -1.01. The molecule has 0 aromatic heterocycles. The van der Waals surface area contributed by atoms with Gasteiger partial charge in [0.15, 0.2) is 0 Å². The quantitative estimate of drug-likeness (QED) is 0.482. The van der Waals surface area contributed by atoms with Crippen molar-refractivity contribution in [1.29, 1.82) is 0 Å². The Kier molecular flexibility index (Phi) is 4.48. The van der Waals surface area contributed by atoms with Crippen molar-refractivity contribution in [2.24, 2.45) is 5.92 Å². The third-order valence-electron chi connectivity index (χ3n) is 2.37. The number of terminal acetylenes is 1. The summed E-state index contributed by atoms with van der Waals surface area (Å²) in [6, 6.07) is 0. The lowest BCUT2D eigenvalue weighted by Crippen LogP contribution is -2.27. The first-order chi connectivity index (χ1) is 6.77. The van der Waals surface area contributed by atoms with Gasteiger partial charge in [-0.1, -0.05) is 0 Å². The zero-order valence-electron chi connectivity index (χ0n) is 8.66. The van der Waals surface area contributed by atoms with Crippen molar-refractivity contribution >= 4 is 5.91 Å². The predicted molar refractivity (Wildman–Crippen MR) is 54.6 cm³/mol. The number of ether oxygens (including phenoxy) is 1. The number of amides is 1. The van der Waals surface area contributed by atoms with Crippen molar-refractivity contribution in [3.8, 4) is 12.3 Å². The fourth-order valence-electron chi connectivity index (χ4n) is 1.60. The number of hydrogen-bond donors (Lipinski definition) is 0. The van der Waals surface area contributed by atoms with E-state index in [1.54, 1.807) is 0 Å². The van der Waals surface area contributed by atoms with E-state index in [0.29, 0.717) is 6.42 Å². The molecule has 1 unspecified atom stereocenters. The Morgan fingerprint density at radius 3 is 3.07 bits per heavy atom. The first-order valence-corrected chi connectivity index (χ1v) is 5.09. The maximum Gasteiger partial charge on any atom is 0.223 e. The fourth-order valence-corrected chi connectivity index (χ4v) is 1.60. The first-order valence-electron chi connectivity index (χ1n) is 5.09. The van der Waals surface area contributed by atoms with Crippen LogP contribution in [0.15, 0.2) is 0 Å². The maximum atomic E-state index is 11.4. The van der Waals surface area contributed by atoms with E-state index >= 15 is 0 Å². The molecule has 1 amide bonds. The van der Waals surface area contributed by atoms with E-state index in [2.05, 4.69) is 5.92 Å². The highest BCUT2D eigenvalue weighted by Gasteiger charge is 2.27. The van der Waals surface area contributed by atoms with Crippen molar-refractivity contribution in [2.75, 3.05) is 26.3 Å². The molecule has 1 heterocycles. The smallest absolute Gasteiger partial charge is 0.223 e. The lowest BCUT2D eigenvalue weighted by molar-refractivity contribution is -0.127. The van der Waals surface area contributed by atoms with Crippen molar-refractivity contribution in [3.05, 3.63) is 0 Å². The van der Waals surface area contributed by atoms with Gasteiger partial charge in [-0.05, 0) is 13.3 Å². The lowest BCUT2D eigenvalue weighted by Gasteiger charge is -2.15. The molecule has 3 nitrogen and oxygen atoms in total. The summed E-state index contributed by atoms with van der Waals surface area (Å²) >= 11 is 0. The number of hydrogen-bond acceptors (Lipinski definition) is 2. The van der Waals surface area contributed by atoms with Crippen molar-refractivity contribution in [1.82, 2.24) is 4.90 Å². The maximum absolute atomic E-state index is 11.4.